The van der Waals surface area contributed by atoms with Crippen LogP contribution < -0.4 is 10.1 Å². The molecule has 3 aromatic carbocycles. The molecule has 0 bridgehead atoms. The third-order valence-corrected chi connectivity index (χ3v) is 5.16. The Bertz CT molecular complexity index is 1230. The highest BCUT2D eigenvalue weighted by atomic mass is 16.5. The summed E-state index contributed by atoms with van der Waals surface area (Å²) in [6.45, 7) is 7.72. The van der Waals surface area contributed by atoms with Gasteiger partial charge in [-0.05, 0) is 63.1 Å². The van der Waals surface area contributed by atoms with E-state index in [1.165, 1.54) is 0 Å². The molecule has 0 aliphatic rings. The quantitative estimate of drug-likeness (QED) is 0.425. The molecule has 0 radical (unpaired) electrons. The summed E-state index contributed by atoms with van der Waals surface area (Å²) in [5.41, 5.74) is 5.47. The summed E-state index contributed by atoms with van der Waals surface area (Å²) >= 11 is 0. The molecule has 1 aromatic heterocycles. The van der Waals surface area contributed by atoms with Crippen molar-refractivity contribution in [1.82, 2.24) is 10.2 Å². The number of hydrogen-bond donors (Lipinski definition) is 1. The molecule has 0 spiro atoms. The number of rotatable bonds is 6. The third-order valence-electron chi connectivity index (χ3n) is 5.16. The highest BCUT2D eigenvalue weighted by Crippen LogP contribution is 2.32. The molecule has 0 saturated heterocycles. The third kappa shape index (κ3) is 4.54. The van der Waals surface area contributed by atoms with Gasteiger partial charge < -0.3 is 14.5 Å². The Morgan fingerprint density at radius 3 is 2.25 bits per heavy atom. The van der Waals surface area contributed by atoms with Crippen molar-refractivity contribution in [2.45, 2.75) is 33.8 Å². The molecule has 0 unspecified atom stereocenters. The van der Waals surface area contributed by atoms with Crippen LogP contribution in [-0.4, -0.2) is 22.2 Å². The Labute approximate surface area is 187 Å². The van der Waals surface area contributed by atoms with Gasteiger partial charge in [0.2, 0.25) is 5.89 Å². The van der Waals surface area contributed by atoms with Gasteiger partial charge in [-0.2, -0.15) is 0 Å². The Balaban J connectivity index is 1.54. The molecule has 0 aliphatic carbocycles. The van der Waals surface area contributed by atoms with Crippen molar-refractivity contribution in [2.24, 2.45) is 0 Å². The van der Waals surface area contributed by atoms with E-state index in [1.54, 1.807) is 13.0 Å². The number of carbonyl (C=O) groups is 1. The van der Waals surface area contributed by atoms with Crippen molar-refractivity contribution < 1.29 is 13.9 Å². The smallest absolute Gasteiger partial charge is 0.265 e. The maximum Gasteiger partial charge on any atom is 0.265 e. The predicted molar refractivity (Wildman–Crippen MR) is 125 cm³/mol. The van der Waals surface area contributed by atoms with Crippen LogP contribution >= 0.6 is 0 Å². The second-order valence-electron chi connectivity index (χ2n) is 7.80. The lowest BCUT2D eigenvalue weighted by atomic mass is 10.0. The molecular weight excluding hydrogens is 402 g/mol. The molecule has 1 amide bonds. The normalized spacial score (nSPS) is 11.8. The van der Waals surface area contributed by atoms with Crippen LogP contribution in [0.3, 0.4) is 0 Å². The zero-order chi connectivity index (χ0) is 22.7. The number of aromatic nitrogens is 2. The molecule has 162 valence electrons. The zero-order valence-electron chi connectivity index (χ0n) is 18.5. The van der Waals surface area contributed by atoms with Crippen molar-refractivity contribution in [2.75, 3.05) is 5.32 Å². The molecule has 32 heavy (non-hydrogen) atoms. The van der Waals surface area contributed by atoms with Gasteiger partial charge in [-0.25, -0.2) is 0 Å². The van der Waals surface area contributed by atoms with E-state index >= 15 is 0 Å². The molecule has 1 atom stereocenters. The van der Waals surface area contributed by atoms with E-state index in [-0.39, 0.29) is 5.91 Å². The fourth-order valence-electron chi connectivity index (χ4n) is 3.62. The van der Waals surface area contributed by atoms with Crippen molar-refractivity contribution in [3.63, 3.8) is 0 Å². The molecule has 4 rings (SSSR count). The summed E-state index contributed by atoms with van der Waals surface area (Å²) in [4.78, 5) is 12.9. The van der Waals surface area contributed by atoms with Crippen LogP contribution in [0.5, 0.6) is 5.75 Å². The SMILES string of the molecule is Cc1cc(C)c(NC(=O)[C@H](C)Oc2ccccc2-c2nnc(-c3ccccc3)o2)c(C)c1. The minimum Gasteiger partial charge on any atom is -0.480 e. The second kappa shape index (κ2) is 9.06. The minimum atomic E-state index is -0.729. The van der Waals surface area contributed by atoms with E-state index in [1.807, 2.05) is 81.4 Å². The first-order valence-corrected chi connectivity index (χ1v) is 10.5. The summed E-state index contributed by atoms with van der Waals surface area (Å²) in [7, 11) is 0. The zero-order valence-corrected chi connectivity index (χ0v) is 18.5. The van der Waals surface area contributed by atoms with Gasteiger partial charge in [-0.1, -0.05) is 48.0 Å². The van der Waals surface area contributed by atoms with E-state index in [2.05, 4.69) is 15.5 Å². The Morgan fingerprint density at radius 2 is 1.53 bits per heavy atom. The molecule has 1 N–H and O–H groups in total. The molecule has 0 saturated carbocycles. The summed E-state index contributed by atoms with van der Waals surface area (Å²) in [5.74, 6) is 1.02. The lowest BCUT2D eigenvalue weighted by Gasteiger charge is -2.18. The topological polar surface area (TPSA) is 77.2 Å². The predicted octanol–water partition coefficient (Wildman–Crippen LogP) is 5.73. The van der Waals surface area contributed by atoms with Gasteiger partial charge in [0.1, 0.15) is 5.75 Å². The minimum absolute atomic E-state index is 0.231. The maximum atomic E-state index is 12.9. The summed E-state index contributed by atoms with van der Waals surface area (Å²) in [5, 5.41) is 11.3. The van der Waals surface area contributed by atoms with Gasteiger partial charge in [-0.3, -0.25) is 4.79 Å². The number of nitrogens with zero attached hydrogens (tertiary/aromatic N) is 2. The number of anilines is 1. The average Bonchev–Trinajstić information content (AvgIpc) is 3.27. The molecular formula is C26H25N3O3. The van der Waals surface area contributed by atoms with Gasteiger partial charge in [0, 0.05) is 11.3 Å². The van der Waals surface area contributed by atoms with Crippen molar-refractivity contribution in [3.8, 4) is 28.7 Å². The van der Waals surface area contributed by atoms with E-state index in [0.29, 0.717) is 23.1 Å². The van der Waals surface area contributed by atoms with Gasteiger partial charge in [0.25, 0.3) is 11.8 Å². The Hall–Kier alpha value is -3.93. The number of para-hydroxylation sites is 1. The highest BCUT2D eigenvalue weighted by molar-refractivity contribution is 5.95. The first kappa shape index (κ1) is 21.3. The second-order valence-corrected chi connectivity index (χ2v) is 7.80. The van der Waals surface area contributed by atoms with Crippen LogP contribution in [0.1, 0.15) is 23.6 Å². The molecule has 6 heteroatoms. The van der Waals surface area contributed by atoms with Gasteiger partial charge >= 0.3 is 0 Å². The Kier molecular flexibility index (Phi) is 6.03. The van der Waals surface area contributed by atoms with Crippen LogP contribution in [-0.2, 0) is 4.79 Å². The highest BCUT2D eigenvalue weighted by Gasteiger charge is 2.20. The van der Waals surface area contributed by atoms with E-state index in [0.717, 1.165) is 27.9 Å². The molecule has 4 aromatic rings. The summed E-state index contributed by atoms with van der Waals surface area (Å²) in [6, 6.07) is 21.0. The van der Waals surface area contributed by atoms with E-state index in [4.69, 9.17) is 9.15 Å². The van der Waals surface area contributed by atoms with Crippen molar-refractivity contribution >= 4 is 11.6 Å². The fraction of sp³-hybridized carbons (Fsp3) is 0.192. The van der Waals surface area contributed by atoms with Crippen molar-refractivity contribution in [3.05, 3.63) is 83.4 Å². The number of carbonyl (C=O) groups excluding carboxylic acids is 1. The number of benzene rings is 3. The van der Waals surface area contributed by atoms with Crippen LogP contribution in [0.25, 0.3) is 22.9 Å². The van der Waals surface area contributed by atoms with Gasteiger partial charge in [0.15, 0.2) is 6.10 Å². The standard InChI is InChI=1S/C26H25N3O3/c1-16-14-17(2)23(18(3)15-16)27-24(30)19(4)31-22-13-9-8-12-21(22)26-29-28-25(32-26)20-10-6-5-7-11-20/h5-15,19H,1-4H3,(H,27,30)/t19-/m0/s1. The van der Waals surface area contributed by atoms with Gasteiger partial charge in [0.05, 0.1) is 5.56 Å². The number of hydrogen-bond acceptors (Lipinski definition) is 5. The largest absolute Gasteiger partial charge is 0.480 e. The Morgan fingerprint density at radius 1 is 0.906 bits per heavy atom. The first-order chi connectivity index (χ1) is 15.4. The van der Waals surface area contributed by atoms with Gasteiger partial charge in [-0.15, -0.1) is 10.2 Å². The number of aryl methyl sites for hydroxylation is 3. The molecule has 1 heterocycles. The van der Waals surface area contributed by atoms with Crippen LogP contribution in [0, 0.1) is 20.8 Å². The van der Waals surface area contributed by atoms with E-state index in [9.17, 15) is 4.79 Å². The number of amides is 1. The van der Waals surface area contributed by atoms with Crippen LogP contribution in [0.15, 0.2) is 71.1 Å². The average molecular weight is 428 g/mol. The summed E-state index contributed by atoms with van der Waals surface area (Å²) < 4.78 is 11.9. The monoisotopic (exact) mass is 427 g/mol. The molecule has 6 nitrogen and oxygen atoms in total. The van der Waals surface area contributed by atoms with Crippen LogP contribution in [0.4, 0.5) is 5.69 Å². The molecule has 0 aliphatic heterocycles. The summed E-state index contributed by atoms with van der Waals surface area (Å²) in [6.07, 6.45) is -0.729. The van der Waals surface area contributed by atoms with E-state index < -0.39 is 6.10 Å². The lowest BCUT2D eigenvalue weighted by Crippen LogP contribution is -2.30. The number of ether oxygens (including phenoxy) is 1. The van der Waals surface area contributed by atoms with Crippen LogP contribution in [0.2, 0.25) is 0 Å². The first-order valence-electron chi connectivity index (χ1n) is 10.5. The fourth-order valence-corrected chi connectivity index (χ4v) is 3.62. The number of nitrogens with one attached hydrogen (secondary N) is 1. The molecule has 0 fully saturated rings. The lowest BCUT2D eigenvalue weighted by molar-refractivity contribution is -0.122. The van der Waals surface area contributed by atoms with Crippen molar-refractivity contribution in [1.29, 1.82) is 0 Å². The maximum absolute atomic E-state index is 12.9.